The molecule has 0 spiro atoms. The molecule has 0 saturated heterocycles. The lowest BCUT2D eigenvalue weighted by atomic mass is 9.63. The van der Waals surface area contributed by atoms with E-state index in [9.17, 15) is 10.2 Å². The van der Waals surface area contributed by atoms with Gasteiger partial charge in [0.25, 0.3) is 0 Å². The van der Waals surface area contributed by atoms with Crippen LogP contribution in [0.5, 0.6) is 11.5 Å². The molecule has 0 aliphatic rings. The Morgan fingerprint density at radius 3 is 1.20 bits per heavy atom. The number of hydrogen-bond acceptors (Lipinski definition) is 2. The third-order valence-corrected chi connectivity index (χ3v) is 8.03. The van der Waals surface area contributed by atoms with Crippen LogP contribution in [0.25, 0.3) is 0 Å². The standard InChI is InChI=1S/C33H52O2/c1-8-14-19-28(13-6)33(7,29-20-24(15-9-2)31(34)25(21-29)16-10-3)30-22-26(17-11-4)32(35)27(23-30)18-12-5/h20-23,28,34-35H,8-19H2,1-7H3. The van der Waals surface area contributed by atoms with Crippen LogP contribution in [0.4, 0.5) is 0 Å². The molecule has 1 unspecified atom stereocenters. The normalized spacial score (nSPS) is 12.8. The van der Waals surface area contributed by atoms with Crippen LogP contribution in [0, 0.1) is 5.92 Å². The van der Waals surface area contributed by atoms with E-state index in [1.54, 1.807) is 0 Å². The fourth-order valence-corrected chi connectivity index (χ4v) is 5.95. The maximum atomic E-state index is 11.1. The molecule has 2 heteroatoms. The Morgan fingerprint density at radius 2 is 0.943 bits per heavy atom. The second-order valence-electron chi connectivity index (χ2n) is 10.7. The van der Waals surface area contributed by atoms with E-state index in [-0.39, 0.29) is 5.41 Å². The van der Waals surface area contributed by atoms with Crippen LogP contribution >= 0.6 is 0 Å². The summed E-state index contributed by atoms with van der Waals surface area (Å²) in [6.45, 7) is 15.8. The van der Waals surface area contributed by atoms with Crippen molar-refractivity contribution < 1.29 is 10.2 Å². The highest BCUT2D eigenvalue weighted by molar-refractivity contribution is 5.53. The Kier molecular flexibility index (Phi) is 11.7. The average Bonchev–Trinajstić information content (AvgIpc) is 2.84. The zero-order chi connectivity index (χ0) is 26.0. The third kappa shape index (κ3) is 6.63. The van der Waals surface area contributed by atoms with Crippen LogP contribution < -0.4 is 0 Å². The lowest BCUT2D eigenvalue weighted by Gasteiger charge is -2.40. The number of benzene rings is 2. The molecule has 0 amide bonds. The molecule has 2 nitrogen and oxygen atoms in total. The molecule has 2 aromatic rings. The second-order valence-corrected chi connectivity index (χ2v) is 10.7. The number of phenolic OH excluding ortho intramolecular Hbond substituents is 2. The summed E-state index contributed by atoms with van der Waals surface area (Å²) in [6, 6.07) is 9.22. The summed E-state index contributed by atoms with van der Waals surface area (Å²) in [5, 5.41) is 22.2. The molecule has 0 aromatic heterocycles. The van der Waals surface area contributed by atoms with Crippen LogP contribution in [0.1, 0.15) is 133 Å². The van der Waals surface area contributed by atoms with E-state index in [0.29, 0.717) is 17.4 Å². The van der Waals surface area contributed by atoms with Gasteiger partial charge in [-0.3, -0.25) is 0 Å². The topological polar surface area (TPSA) is 40.5 Å². The van der Waals surface area contributed by atoms with Gasteiger partial charge in [-0.25, -0.2) is 0 Å². The maximum absolute atomic E-state index is 11.1. The van der Waals surface area contributed by atoms with Gasteiger partial charge in [-0.2, -0.15) is 0 Å². The minimum Gasteiger partial charge on any atom is -0.507 e. The van der Waals surface area contributed by atoms with Gasteiger partial charge in [0, 0.05) is 5.41 Å². The first-order valence-corrected chi connectivity index (χ1v) is 14.5. The Hall–Kier alpha value is -1.96. The zero-order valence-electron chi connectivity index (χ0n) is 23.8. The molecule has 0 radical (unpaired) electrons. The van der Waals surface area contributed by atoms with Crippen molar-refractivity contribution in [3.05, 3.63) is 57.6 Å². The monoisotopic (exact) mass is 480 g/mol. The van der Waals surface area contributed by atoms with Crippen molar-refractivity contribution in [3.8, 4) is 11.5 Å². The smallest absolute Gasteiger partial charge is 0.121 e. The molecule has 2 N–H and O–H groups in total. The fraction of sp³-hybridized carbons (Fsp3) is 0.636. The van der Waals surface area contributed by atoms with Crippen LogP contribution in [-0.2, 0) is 31.1 Å². The number of aryl methyl sites for hydroxylation is 4. The third-order valence-electron chi connectivity index (χ3n) is 8.03. The molecular formula is C33H52O2. The van der Waals surface area contributed by atoms with E-state index < -0.39 is 0 Å². The Balaban J connectivity index is 2.89. The highest BCUT2D eigenvalue weighted by atomic mass is 16.3. The minimum atomic E-state index is -0.179. The van der Waals surface area contributed by atoms with Gasteiger partial charge in [-0.05, 0) is 71.4 Å². The molecule has 1 atom stereocenters. The largest absolute Gasteiger partial charge is 0.507 e. The van der Waals surface area contributed by atoms with Crippen LogP contribution in [0.15, 0.2) is 24.3 Å². The Labute approximate surface area is 216 Å². The van der Waals surface area contributed by atoms with Crippen LogP contribution in [-0.4, -0.2) is 10.2 Å². The molecule has 0 bridgehead atoms. The highest BCUT2D eigenvalue weighted by Crippen LogP contribution is 2.47. The molecule has 0 saturated carbocycles. The summed E-state index contributed by atoms with van der Waals surface area (Å²) >= 11 is 0. The van der Waals surface area contributed by atoms with Gasteiger partial charge < -0.3 is 10.2 Å². The van der Waals surface area contributed by atoms with Crippen molar-refractivity contribution in [2.75, 3.05) is 0 Å². The molecule has 0 aliphatic heterocycles. The van der Waals surface area contributed by atoms with Crippen molar-refractivity contribution in [1.29, 1.82) is 0 Å². The molecule has 0 heterocycles. The number of phenols is 2. The minimum absolute atomic E-state index is 0.179. The summed E-state index contributed by atoms with van der Waals surface area (Å²) in [6.07, 6.45) is 12.4. The van der Waals surface area contributed by atoms with E-state index in [0.717, 1.165) is 80.0 Å². The number of aromatic hydroxyl groups is 2. The lowest BCUT2D eigenvalue weighted by molar-refractivity contribution is 0.304. The summed E-state index contributed by atoms with van der Waals surface area (Å²) in [7, 11) is 0. The number of unbranched alkanes of at least 4 members (excludes halogenated alkanes) is 1. The first kappa shape index (κ1) is 29.3. The van der Waals surface area contributed by atoms with Gasteiger partial charge in [0.05, 0.1) is 0 Å². The highest BCUT2D eigenvalue weighted by Gasteiger charge is 2.38. The molecular weight excluding hydrogens is 428 g/mol. The van der Waals surface area contributed by atoms with Gasteiger partial charge in [0.1, 0.15) is 11.5 Å². The summed E-state index contributed by atoms with van der Waals surface area (Å²) in [4.78, 5) is 0. The molecule has 196 valence electrons. The second kappa shape index (κ2) is 14.0. The summed E-state index contributed by atoms with van der Waals surface area (Å²) < 4.78 is 0. The van der Waals surface area contributed by atoms with Crippen molar-refractivity contribution in [3.63, 3.8) is 0 Å². The SMILES string of the molecule is CCCCC(CC)C(C)(c1cc(CCC)c(O)c(CCC)c1)c1cc(CCC)c(O)c(CCC)c1. The molecule has 35 heavy (non-hydrogen) atoms. The lowest BCUT2D eigenvalue weighted by Crippen LogP contribution is -2.34. The number of rotatable bonds is 15. The predicted molar refractivity (Wildman–Crippen MR) is 152 cm³/mol. The van der Waals surface area contributed by atoms with Gasteiger partial charge >= 0.3 is 0 Å². The van der Waals surface area contributed by atoms with Crippen molar-refractivity contribution in [2.45, 2.75) is 131 Å². The number of hydrogen-bond donors (Lipinski definition) is 2. The van der Waals surface area contributed by atoms with E-state index in [4.69, 9.17) is 0 Å². The zero-order valence-corrected chi connectivity index (χ0v) is 23.8. The van der Waals surface area contributed by atoms with Gasteiger partial charge in [0.2, 0.25) is 0 Å². The van der Waals surface area contributed by atoms with Crippen LogP contribution in [0.2, 0.25) is 0 Å². The van der Waals surface area contributed by atoms with Gasteiger partial charge in [-0.1, -0.05) is 118 Å². The van der Waals surface area contributed by atoms with E-state index in [1.165, 1.54) is 30.4 Å². The quantitative estimate of drug-likeness (QED) is 0.266. The van der Waals surface area contributed by atoms with E-state index in [1.807, 2.05) is 0 Å². The van der Waals surface area contributed by atoms with Crippen molar-refractivity contribution in [2.24, 2.45) is 5.92 Å². The summed E-state index contributed by atoms with van der Waals surface area (Å²) in [5.74, 6) is 1.50. The Bertz CT molecular complexity index is 807. The summed E-state index contributed by atoms with van der Waals surface area (Å²) in [5.41, 5.74) is 6.85. The fourth-order valence-electron chi connectivity index (χ4n) is 5.95. The van der Waals surface area contributed by atoms with Gasteiger partial charge in [0.15, 0.2) is 0 Å². The average molecular weight is 481 g/mol. The molecule has 2 rings (SSSR count). The first-order chi connectivity index (χ1) is 16.8. The van der Waals surface area contributed by atoms with Crippen molar-refractivity contribution in [1.82, 2.24) is 0 Å². The molecule has 0 aliphatic carbocycles. The van der Waals surface area contributed by atoms with E-state index in [2.05, 4.69) is 72.7 Å². The predicted octanol–water partition coefficient (Wildman–Crippen LogP) is 9.43. The Morgan fingerprint density at radius 1 is 0.600 bits per heavy atom. The van der Waals surface area contributed by atoms with Gasteiger partial charge in [-0.15, -0.1) is 0 Å². The van der Waals surface area contributed by atoms with Crippen molar-refractivity contribution >= 4 is 0 Å². The first-order valence-electron chi connectivity index (χ1n) is 14.5. The molecule has 2 aromatic carbocycles. The maximum Gasteiger partial charge on any atom is 0.121 e. The van der Waals surface area contributed by atoms with E-state index >= 15 is 0 Å². The van der Waals surface area contributed by atoms with Crippen LogP contribution in [0.3, 0.4) is 0 Å². The molecule has 0 fully saturated rings.